The van der Waals surface area contributed by atoms with E-state index in [1.54, 1.807) is 31.2 Å². The van der Waals surface area contributed by atoms with E-state index in [2.05, 4.69) is 21.1 Å². The summed E-state index contributed by atoms with van der Waals surface area (Å²) in [4.78, 5) is 31.6. The van der Waals surface area contributed by atoms with E-state index in [-0.39, 0.29) is 24.8 Å². The van der Waals surface area contributed by atoms with E-state index >= 15 is 0 Å². The lowest BCUT2D eigenvalue weighted by Gasteiger charge is -2.29. The van der Waals surface area contributed by atoms with Crippen molar-refractivity contribution in [3.05, 3.63) is 35.4 Å². The highest BCUT2D eigenvalue weighted by Crippen LogP contribution is 2.23. The van der Waals surface area contributed by atoms with Crippen LogP contribution in [-0.2, 0) is 4.84 Å². The Morgan fingerprint density at radius 2 is 1.61 bits per heavy atom. The smallest absolute Gasteiger partial charge is 0.261 e. The monoisotopic (exact) mass is 433 g/mol. The Morgan fingerprint density at radius 3 is 2.13 bits per heavy atom. The molecular weight excluding hydrogens is 402 g/mol. The molecule has 0 atom stereocenters. The lowest BCUT2D eigenvalue weighted by molar-refractivity contribution is 0.00863. The average Bonchev–Trinajstić information content (AvgIpc) is 2.97. The molecule has 1 aromatic carbocycles. The Hall–Kier alpha value is -2.82. The van der Waals surface area contributed by atoms with Gasteiger partial charge in [0, 0.05) is 19.5 Å². The molecule has 0 radical (unpaired) electrons. The van der Waals surface area contributed by atoms with Crippen molar-refractivity contribution < 1.29 is 24.8 Å². The van der Waals surface area contributed by atoms with Gasteiger partial charge in [-0.3, -0.25) is 19.3 Å². The summed E-state index contributed by atoms with van der Waals surface area (Å²) in [5.74, 6) is -0.681. The molecule has 4 N–H and O–H groups in total. The Balaban J connectivity index is 1.85. The molecule has 0 bridgehead atoms. The first-order chi connectivity index (χ1) is 14.5. The van der Waals surface area contributed by atoms with E-state index in [1.807, 2.05) is 27.7 Å². The normalized spacial score (nSPS) is 15.6. The van der Waals surface area contributed by atoms with Crippen LogP contribution < -0.4 is 10.8 Å². The van der Waals surface area contributed by atoms with Crippen LogP contribution in [0.2, 0.25) is 0 Å². The molecule has 0 aromatic heterocycles. The van der Waals surface area contributed by atoms with Gasteiger partial charge in [0.1, 0.15) is 0 Å². The van der Waals surface area contributed by atoms with Gasteiger partial charge in [-0.1, -0.05) is 22.4 Å². The van der Waals surface area contributed by atoms with Crippen LogP contribution in [0.25, 0.3) is 0 Å². The topological polar surface area (TPSA) is 136 Å². The number of hydrogen-bond acceptors (Lipinski definition) is 9. The van der Waals surface area contributed by atoms with Crippen molar-refractivity contribution in [2.75, 3.05) is 19.7 Å². The van der Waals surface area contributed by atoms with Gasteiger partial charge in [0.2, 0.25) is 0 Å². The third kappa shape index (κ3) is 5.66. The molecule has 0 spiro atoms. The van der Waals surface area contributed by atoms with E-state index in [1.165, 1.54) is 4.90 Å². The Labute approximate surface area is 181 Å². The molecule has 0 saturated carbocycles. The first-order valence-corrected chi connectivity index (χ1v) is 10.0. The number of hydrogen-bond donors (Lipinski definition) is 4. The first kappa shape index (κ1) is 24.4. The van der Waals surface area contributed by atoms with Crippen molar-refractivity contribution in [2.45, 2.75) is 52.1 Å². The van der Waals surface area contributed by atoms with Crippen LogP contribution in [0.15, 0.2) is 34.6 Å². The van der Waals surface area contributed by atoms with Crippen molar-refractivity contribution in [3.63, 3.8) is 0 Å². The molecule has 1 aliphatic heterocycles. The molecule has 10 nitrogen and oxygen atoms in total. The van der Waals surface area contributed by atoms with Gasteiger partial charge in [-0.15, -0.1) is 0 Å². The molecule has 0 unspecified atom stereocenters. The van der Waals surface area contributed by atoms with Gasteiger partial charge in [-0.25, -0.2) is 0 Å². The molecule has 10 heteroatoms. The second-order valence-electron chi connectivity index (χ2n) is 8.42. The van der Waals surface area contributed by atoms with Gasteiger partial charge in [0.15, 0.2) is 0 Å². The predicted octanol–water partition coefficient (Wildman–Crippen LogP) is 2.02. The summed E-state index contributed by atoms with van der Waals surface area (Å²) in [5, 5.41) is 28.2. The maximum absolute atomic E-state index is 12.5. The summed E-state index contributed by atoms with van der Waals surface area (Å²) in [7, 11) is 0. The molecule has 1 aliphatic rings. The number of carbonyl (C=O) groups is 2. The summed E-state index contributed by atoms with van der Waals surface area (Å²) in [6.45, 7) is 9.82. The van der Waals surface area contributed by atoms with E-state index < -0.39 is 11.1 Å². The number of rotatable bonds is 11. The van der Waals surface area contributed by atoms with Crippen LogP contribution >= 0.6 is 0 Å². The van der Waals surface area contributed by atoms with Gasteiger partial charge in [0.25, 0.3) is 11.8 Å². The zero-order valence-corrected chi connectivity index (χ0v) is 18.6. The summed E-state index contributed by atoms with van der Waals surface area (Å²) in [6.07, 6.45) is 0.222. The molecule has 2 rings (SSSR count). The fourth-order valence-corrected chi connectivity index (χ4v) is 3.09. The molecule has 170 valence electrons. The zero-order valence-electron chi connectivity index (χ0n) is 18.6. The predicted molar refractivity (Wildman–Crippen MR) is 116 cm³/mol. The Morgan fingerprint density at radius 1 is 1.03 bits per heavy atom. The molecule has 0 fully saturated rings. The summed E-state index contributed by atoms with van der Waals surface area (Å²) in [5.41, 5.74) is 3.16. The third-order valence-electron chi connectivity index (χ3n) is 5.45. The maximum Gasteiger partial charge on any atom is 0.261 e. The Kier molecular flexibility index (Phi) is 7.88. The fourth-order valence-electron chi connectivity index (χ4n) is 3.09. The van der Waals surface area contributed by atoms with E-state index in [0.29, 0.717) is 35.7 Å². The number of fused-ring (bicyclic) bond motifs is 1. The summed E-state index contributed by atoms with van der Waals surface area (Å²) in [6, 6.07) is 6.70. The van der Waals surface area contributed by atoms with Crippen LogP contribution in [-0.4, -0.2) is 69.3 Å². The van der Waals surface area contributed by atoms with Crippen molar-refractivity contribution in [1.82, 2.24) is 15.7 Å². The summed E-state index contributed by atoms with van der Waals surface area (Å²) < 4.78 is 0. The first-order valence-electron chi connectivity index (χ1n) is 10.0. The van der Waals surface area contributed by atoms with Crippen LogP contribution in [0.5, 0.6) is 0 Å². The minimum absolute atomic E-state index is 0.114. The van der Waals surface area contributed by atoms with Gasteiger partial charge in [-0.2, -0.15) is 5.48 Å². The minimum Gasteiger partial charge on any atom is -0.411 e. The van der Waals surface area contributed by atoms with Crippen molar-refractivity contribution >= 4 is 23.2 Å². The number of carbonyl (C=O) groups excluding carboxylic acids is 2. The van der Waals surface area contributed by atoms with Crippen LogP contribution in [0.3, 0.4) is 0 Å². The number of nitrogens with zero attached hydrogens (tertiary/aromatic N) is 3. The number of benzene rings is 1. The van der Waals surface area contributed by atoms with Crippen LogP contribution in [0, 0.1) is 0 Å². The SMILES string of the molecule is CC(=NO)C(C)(C)NOCCNC(C)(C)C(CCN1C(=O)c2ccccc2C1=O)=NO. The highest BCUT2D eigenvalue weighted by molar-refractivity contribution is 6.21. The average molecular weight is 434 g/mol. The van der Waals surface area contributed by atoms with Gasteiger partial charge in [-0.05, 0) is 46.8 Å². The number of oxime groups is 2. The number of amides is 2. The van der Waals surface area contributed by atoms with Crippen LogP contribution in [0.4, 0.5) is 0 Å². The fraction of sp³-hybridized carbons (Fsp3) is 0.524. The standard InChI is InChI=1S/C21H31N5O5/c1-14(23-29)20(2,3)25-31-13-11-22-21(4,5)17(24-30)10-12-26-18(27)15-8-6-7-9-16(15)19(26)28/h6-9,22,25,29-30H,10-13H2,1-5H3. The lowest BCUT2D eigenvalue weighted by atomic mass is 9.95. The van der Waals surface area contributed by atoms with Crippen molar-refractivity contribution in [1.29, 1.82) is 0 Å². The largest absolute Gasteiger partial charge is 0.411 e. The molecule has 31 heavy (non-hydrogen) atoms. The maximum atomic E-state index is 12.5. The zero-order chi connectivity index (χ0) is 23.2. The number of imide groups is 1. The van der Waals surface area contributed by atoms with E-state index in [0.717, 1.165) is 0 Å². The van der Waals surface area contributed by atoms with E-state index in [4.69, 9.17) is 10.0 Å². The molecule has 0 saturated heterocycles. The van der Waals surface area contributed by atoms with Crippen molar-refractivity contribution in [2.24, 2.45) is 10.3 Å². The third-order valence-corrected chi connectivity index (χ3v) is 5.45. The molecule has 2 amide bonds. The van der Waals surface area contributed by atoms with E-state index in [9.17, 15) is 14.8 Å². The summed E-state index contributed by atoms with van der Waals surface area (Å²) >= 11 is 0. The number of hydroxylamine groups is 1. The second kappa shape index (κ2) is 9.99. The molecule has 1 aromatic rings. The van der Waals surface area contributed by atoms with Gasteiger partial charge < -0.3 is 15.7 Å². The quantitative estimate of drug-likeness (QED) is 0.138. The van der Waals surface area contributed by atoms with Gasteiger partial charge in [0.05, 0.1) is 40.2 Å². The Bertz CT molecular complexity index is 844. The lowest BCUT2D eigenvalue weighted by Crippen LogP contribution is -2.50. The highest BCUT2D eigenvalue weighted by atomic mass is 16.6. The molecular formula is C21H31N5O5. The molecule has 0 aliphatic carbocycles. The second-order valence-corrected chi connectivity index (χ2v) is 8.42. The van der Waals surface area contributed by atoms with Crippen molar-refractivity contribution in [3.8, 4) is 0 Å². The van der Waals surface area contributed by atoms with Crippen LogP contribution in [0.1, 0.15) is 61.8 Å². The van der Waals surface area contributed by atoms with Gasteiger partial charge >= 0.3 is 0 Å². The number of nitrogens with one attached hydrogen (secondary N) is 2. The molecule has 1 heterocycles. The highest BCUT2D eigenvalue weighted by Gasteiger charge is 2.36. The minimum atomic E-state index is -0.700.